The summed E-state index contributed by atoms with van der Waals surface area (Å²) in [6.07, 6.45) is 1.10. The second-order valence-electron chi connectivity index (χ2n) is 5.94. The van der Waals surface area contributed by atoms with Crippen LogP contribution in [0.4, 0.5) is 11.4 Å². The van der Waals surface area contributed by atoms with Crippen molar-refractivity contribution in [3.63, 3.8) is 0 Å². The summed E-state index contributed by atoms with van der Waals surface area (Å²) in [5.74, 6) is -0.808. The average molecular weight is 332 g/mol. The van der Waals surface area contributed by atoms with Crippen LogP contribution in [0.3, 0.4) is 0 Å². The highest BCUT2D eigenvalue weighted by Gasteiger charge is 2.33. The first kappa shape index (κ1) is 18.0. The fourth-order valence-electron chi connectivity index (χ4n) is 2.74. The number of rotatable bonds is 5. The molecule has 1 heterocycles. The van der Waals surface area contributed by atoms with Gasteiger partial charge in [-0.3, -0.25) is 19.3 Å². The van der Waals surface area contributed by atoms with Crippen LogP contribution in [0.1, 0.15) is 37.8 Å². The van der Waals surface area contributed by atoms with E-state index in [0.717, 1.165) is 17.5 Å². The van der Waals surface area contributed by atoms with Crippen LogP contribution in [0, 0.1) is 13.8 Å². The van der Waals surface area contributed by atoms with Gasteiger partial charge in [-0.25, -0.2) is 0 Å². The molecule has 0 aromatic heterocycles. The Kier molecular flexibility index (Phi) is 5.59. The number of amides is 2. The predicted octanol–water partition coefficient (Wildman–Crippen LogP) is 2.35. The predicted molar refractivity (Wildman–Crippen MR) is 92.2 cm³/mol. The number of aryl methyl sites for hydroxylation is 2. The van der Waals surface area contributed by atoms with Crippen molar-refractivity contribution in [2.24, 2.45) is 0 Å². The van der Waals surface area contributed by atoms with Crippen LogP contribution in [0.2, 0.25) is 0 Å². The maximum atomic E-state index is 12.5. The molecule has 1 aromatic rings. The molecule has 0 saturated heterocycles. The van der Waals surface area contributed by atoms with Crippen LogP contribution in [0.5, 0.6) is 0 Å². The summed E-state index contributed by atoms with van der Waals surface area (Å²) in [4.78, 5) is 39.7. The van der Waals surface area contributed by atoms with Crippen molar-refractivity contribution < 1.29 is 19.1 Å². The molecule has 6 heteroatoms. The van der Waals surface area contributed by atoms with E-state index in [9.17, 15) is 14.4 Å². The third-order valence-electron chi connectivity index (χ3n) is 4.12. The lowest BCUT2D eigenvalue weighted by atomic mass is 10.0. The van der Waals surface area contributed by atoms with Crippen LogP contribution < -0.4 is 9.80 Å². The van der Waals surface area contributed by atoms with Crippen molar-refractivity contribution in [2.75, 3.05) is 29.5 Å². The molecule has 130 valence electrons. The van der Waals surface area contributed by atoms with E-state index in [1.807, 2.05) is 32.9 Å². The quantitative estimate of drug-likeness (QED) is 0.776. The lowest BCUT2D eigenvalue weighted by Crippen LogP contribution is -2.50. The van der Waals surface area contributed by atoms with Crippen molar-refractivity contribution in [3.8, 4) is 0 Å². The number of carbonyl (C=O) groups is 3. The minimum atomic E-state index is -0.455. The molecule has 0 radical (unpaired) electrons. The van der Waals surface area contributed by atoms with E-state index in [1.165, 1.54) is 9.80 Å². The van der Waals surface area contributed by atoms with E-state index in [2.05, 4.69) is 0 Å². The number of benzene rings is 1. The Labute approximate surface area is 142 Å². The normalized spacial score (nSPS) is 13.8. The zero-order valence-electron chi connectivity index (χ0n) is 14.7. The molecule has 0 aliphatic carbocycles. The van der Waals surface area contributed by atoms with Gasteiger partial charge in [0.15, 0.2) is 0 Å². The molecule has 6 nitrogen and oxygen atoms in total. The molecule has 1 aliphatic heterocycles. The summed E-state index contributed by atoms with van der Waals surface area (Å²) in [5.41, 5.74) is 3.31. The van der Waals surface area contributed by atoms with Gasteiger partial charge < -0.3 is 9.64 Å². The van der Waals surface area contributed by atoms with E-state index in [-0.39, 0.29) is 31.5 Å². The first-order chi connectivity index (χ1) is 11.4. The van der Waals surface area contributed by atoms with Gasteiger partial charge in [0.25, 0.3) is 0 Å². The van der Waals surface area contributed by atoms with Crippen molar-refractivity contribution in [1.29, 1.82) is 0 Å². The van der Waals surface area contributed by atoms with E-state index in [4.69, 9.17) is 4.74 Å². The topological polar surface area (TPSA) is 66.9 Å². The van der Waals surface area contributed by atoms with E-state index < -0.39 is 5.97 Å². The molecular weight excluding hydrogens is 308 g/mol. The zero-order chi connectivity index (χ0) is 17.9. The van der Waals surface area contributed by atoms with Crippen molar-refractivity contribution in [2.45, 2.75) is 40.5 Å². The lowest BCUT2D eigenvalue weighted by Gasteiger charge is -2.36. The van der Waals surface area contributed by atoms with Gasteiger partial charge in [0.05, 0.1) is 18.0 Å². The summed E-state index contributed by atoms with van der Waals surface area (Å²) in [7, 11) is 0. The van der Waals surface area contributed by atoms with Crippen molar-refractivity contribution in [1.82, 2.24) is 0 Å². The van der Waals surface area contributed by atoms with Crippen LogP contribution in [-0.4, -0.2) is 37.5 Å². The Morgan fingerprint density at radius 2 is 1.75 bits per heavy atom. The number of ether oxygens (including phenoxy) is 1. The Balaban J connectivity index is 2.45. The van der Waals surface area contributed by atoms with Gasteiger partial charge in [-0.15, -0.1) is 0 Å². The first-order valence-corrected chi connectivity index (χ1v) is 8.26. The van der Waals surface area contributed by atoms with E-state index in [0.29, 0.717) is 17.8 Å². The van der Waals surface area contributed by atoms with Gasteiger partial charge >= 0.3 is 5.97 Å². The number of anilines is 2. The minimum Gasteiger partial charge on any atom is -0.465 e. The molecule has 0 unspecified atom stereocenters. The van der Waals surface area contributed by atoms with E-state index >= 15 is 0 Å². The number of fused-ring (bicyclic) bond motifs is 1. The molecular formula is C18H24N2O4. The minimum absolute atomic E-state index is 0.0479. The summed E-state index contributed by atoms with van der Waals surface area (Å²) >= 11 is 0. The number of carbonyl (C=O) groups excluding carboxylic acids is 3. The van der Waals surface area contributed by atoms with Gasteiger partial charge in [-0.2, -0.15) is 0 Å². The van der Waals surface area contributed by atoms with Crippen LogP contribution in [-0.2, 0) is 19.1 Å². The molecule has 0 atom stereocenters. The maximum Gasteiger partial charge on any atom is 0.326 e. The summed E-state index contributed by atoms with van der Waals surface area (Å²) in [6, 6.07) is 3.76. The van der Waals surface area contributed by atoms with E-state index in [1.54, 1.807) is 6.92 Å². The molecule has 2 rings (SSSR count). The Bertz CT molecular complexity index is 669. The van der Waals surface area contributed by atoms with Gasteiger partial charge in [0.1, 0.15) is 13.1 Å². The maximum absolute atomic E-state index is 12.5. The monoisotopic (exact) mass is 332 g/mol. The molecule has 0 saturated carbocycles. The van der Waals surface area contributed by atoms with Crippen molar-refractivity contribution >= 4 is 29.2 Å². The molecule has 0 fully saturated rings. The average Bonchev–Trinajstić information content (AvgIpc) is 2.52. The van der Waals surface area contributed by atoms with Gasteiger partial charge in [0, 0.05) is 6.42 Å². The third-order valence-corrected chi connectivity index (χ3v) is 4.12. The molecule has 1 aliphatic rings. The molecule has 1 aromatic carbocycles. The highest BCUT2D eigenvalue weighted by atomic mass is 16.5. The molecule has 2 amide bonds. The molecule has 0 spiro atoms. The highest BCUT2D eigenvalue weighted by molar-refractivity contribution is 6.12. The fraction of sp³-hybridized carbons (Fsp3) is 0.500. The fourth-order valence-corrected chi connectivity index (χ4v) is 2.74. The largest absolute Gasteiger partial charge is 0.465 e. The standard InChI is InChI=1S/C18H24N2O4/c1-5-7-16(21)19-10-17(22)20(11-18(23)24-6-2)15-9-13(4)12(3)8-14(15)19/h8-9H,5-7,10-11H2,1-4H3. The number of esters is 1. The van der Waals surface area contributed by atoms with Crippen LogP contribution in [0.25, 0.3) is 0 Å². The Morgan fingerprint density at radius 1 is 1.12 bits per heavy atom. The number of hydrogen-bond acceptors (Lipinski definition) is 4. The summed E-state index contributed by atoms with van der Waals surface area (Å²) in [6.45, 7) is 7.63. The Hall–Kier alpha value is -2.37. The summed E-state index contributed by atoms with van der Waals surface area (Å²) in [5, 5.41) is 0. The summed E-state index contributed by atoms with van der Waals surface area (Å²) < 4.78 is 4.96. The van der Waals surface area contributed by atoms with Gasteiger partial charge in [-0.05, 0) is 50.5 Å². The van der Waals surface area contributed by atoms with Gasteiger partial charge in [0.2, 0.25) is 11.8 Å². The van der Waals surface area contributed by atoms with Crippen LogP contribution in [0.15, 0.2) is 12.1 Å². The SMILES string of the molecule is CCCC(=O)N1CC(=O)N(CC(=O)OCC)c2cc(C)c(C)cc21. The first-order valence-electron chi connectivity index (χ1n) is 8.26. The second kappa shape index (κ2) is 7.47. The van der Waals surface area contributed by atoms with Crippen LogP contribution >= 0.6 is 0 Å². The number of nitrogens with zero attached hydrogens (tertiary/aromatic N) is 2. The lowest BCUT2D eigenvalue weighted by molar-refractivity contribution is -0.142. The molecule has 0 N–H and O–H groups in total. The zero-order valence-corrected chi connectivity index (χ0v) is 14.7. The highest BCUT2D eigenvalue weighted by Crippen LogP contribution is 2.36. The van der Waals surface area contributed by atoms with Gasteiger partial charge in [-0.1, -0.05) is 6.92 Å². The molecule has 24 heavy (non-hydrogen) atoms. The van der Waals surface area contributed by atoms with Crippen molar-refractivity contribution in [3.05, 3.63) is 23.3 Å². The second-order valence-corrected chi connectivity index (χ2v) is 5.94. The number of hydrogen-bond donors (Lipinski definition) is 0. The molecule has 0 bridgehead atoms. The smallest absolute Gasteiger partial charge is 0.326 e. The Morgan fingerprint density at radius 3 is 2.33 bits per heavy atom. The third kappa shape index (κ3) is 3.58.